The molecule has 0 amide bonds. The van der Waals surface area contributed by atoms with Crippen LogP contribution in [0.4, 0.5) is 8.78 Å². The summed E-state index contributed by atoms with van der Waals surface area (Å²) in [5, 5.41) is 1.66. The first kappa shape index (κ1) is 34.0. The van der Waals surface area contributed by atoms with Crippen molar-refractivity contribution in [2.24, 2.45) is 0 Å². The molecule has 0 unspecified atom stereocenters. The SMILES string of the molecule is CCn1cc(CCN(C)C)c2c(OC)cc(F)cc21.COc1cc(F)cc2c1c(CCN(C)C)cn2S(=O)(=O)c1ccccc1. The minimum absolute atomic E-state index is 0.152. The van der Waals surface area contributed by atoms with Crippen LogP contribution in [0.3, 0.4) is 0 Å². The van der Waals surface area contributed by atoms with Gasteiger partial charge in [-0.05, 0) is 83.3 Å². The first-order valence-electron chi connectivity index (χ1n) is 14.7. The van der Waals surface area contributed by atoms with Crippen LogP contribution in [0, 0.1) is 11.6 Å². The maximum atomic E-state index is 14.1. The molecule has 0 bridgehead atoms. The Kier molecular flexibility index (Phi) is 10.9. The highest BCUT2D eigenvalue weighted by molar-refractivity contribution is 7.90. The van der Waals surface area contributed by atoms with E-state index in [1.165, 1.54) is 43.0 Å². The van der Waals surface area contributed by atoms with E-state index in [4.69, 9.17) is 9.47 Å². The molecule has 0 aliphatic rings. The fourth-order valence-electron chi connectivity index (χ4n) is 5.34. The predicted octanol–water partition coefficient (Wildman–Crippen LogP) is 6.04. The topological polar surface area (TPSA) is 68.9 Å². The van der Waals surface area contributed by atoms with Crippen LogP contribution in [0.2, 0.25) is 0 Å². The maximum Gasteiger partial charge on any atom is 0.268 e. The van der Waals surface area contributed by atoms with Crippen LogP contribution in [0.15, 0.2) is 71.9 Å². The molecule has 242 valence electrons. The van der Waals surface area contributed by atoms with Crippen LogP contribution in [-0.2, 0) is 29.4 Å². The Labute approximate surface area is 264 Å². The van der Waals surface area contributed by atoms with Crippen molar-refractivity contribution in [1.82, 2.24) is 18.3 Å². The summed E-state index contributed by atoms with van der Waals surface area (Å²) in [6.45, 7) is 4.58. The number of methoxy groups -OCH3 is 2. The Bertz CT molecular complexity index is 1870. The van der Waals surface area contributed by atoms with Crippen molar-refractivity contribution in [2.75, 3.05) is 55.5 Å². The van der Waals surface area contributed by atoms with Gasteiger partial charge in [0.05, 0.1) is 30.1 Å². The van der Waals surface area contributed by atoms with Crippen molar-refractivity contribution in [3.8, 4) is 11.5 Å². The van der Waals surface area contributed by atoms with E-state index in [1.54, 1.807) is 37.6 Å². The van der Waals surface area contributed by atoms with E-state index in [0.717, 1.165) is 46.5 Å². The number of rotatable bonds is 11. The number of fused-ring (bicyclic) bond motifs is 2. The van der Waals surface area contributed by atoms with Gasteiger partial charge >= 0.3 is 0 Å². The molecule has 45 heavy (non-hydrogen) atoms. The Hall–Kier alpha value is -3.93. The number of hydrogen-bond acceptors (Lipinski definition) is 6. The molecule has 0 aliphatic heterocycles. The highest BCUT2D eigenvalue weighted by atomic mass is 32.2. The number of likely N-dealkylation sites (N-methyl/N-ethyl adjacent to an activating group) is 2. The van der Waals surface area contributed by atoms with Gasteiger partial charge in [0.15, 0.2) is 0 Å². The second-order valence-corrected chi connectivity index (χ2v) is 13.1. The molecule has 0 fully saturated rings. The molecule has 5 rings (SSSR count). The van der Waals surface area contributed by atoms with Crippen molar-refractivity contribution in [3.63, 3.8) is 0 Å². The van der Waals surface area contributed by atoms with Gasteiger partial charge in [0.25, 0.3) is 10.0 Å². The summed E-state index contributed by atoms with van der Waals surface area (Å²) >= 11 is 0. The standard InChI is InChI=1S/C19H21FN2O3S.C15H21FN2O/c1-21(2)10-9-14-13-22(26(23,24)16-7-5-4-6-8-16)17-11-15(20)12-18(25-3)19(14)17;1-5-18-10-11(6-7-17(2)3)15-13(18)8-12(16)9-14(15)19-4/h4-8,11-13H,9-10H2,1-3H3;8-10H,5-7H2,1-4H3. The lowest BCUT2D eigenvalue weighted by atomic mass is 10.1. The summed E-state index contributed by atoms with van der Waals surface area (Å²) in [5.41, 5.74) is 3.19. The van der Waals surface area contributed by atoms with E-state index in [1.807, 2.05) is 19.0 Å². The highest BCUT2D eigenvalue weighted by Gasteiger charge is 2.24. The highest BCUT2D eigenvalue weighted by Crippen LogP contribution is 2.35. The fraction of sp³-hybridized carbons (Fsp3) is 0.353. The zero-order valence-electron chi connectivity index (χ0n) is 27.0. The maximum absolute atomic E-state index is 14.1. The summed E-state index contributed by atoms with van der Waals surface area (Å²) in [7, 11) is 7.18. The Morgan fingerprint density at radius 1 is 0.733 bits per heavy atom. The van der Waals surface area contributed by atoms with Crippen LogP contribution in [0.25, 0.3) is 21.8 Å². The van der Waals surface area contributed by atoms with Crippen LogP contribution in [0.5, 0.6) is 11.5 Å². The summed E-state index contributed by atoms with van der Waals surface area (Å²) in [5.74, 6) is 0.152. The number of benzene rings is 3. The molecule has 3 aromatic carbocycles. The van der Waals surface area contributed by atoms with Gasteiger partial charge in [-0.3, -0.25) is 0 Å². The minimum Gasteiger partial charge on any atom is -0.496 e. The van der Waals surface area contributed by atoms with E-state index in [-0.39, 0.29) is 16.2 Å². The number of nitrogens with zero attached hydrogens (tertiary/aromatic N) is 4. The second-order valence-electron chi connectivity index (χ2n) is 11.3. The van der Waals surface area contributed by atoms with Gasteiger partial charge in [0.2, 0.25) is 0 Å². The molecule has 0 saturated carbocycles. The number of ether oxygens (including phenoxy) is 2. The second kappa shape index (κ2) is 14.4. The quantitative estimate of drug-likeness (QED) is 0.175. The zero-order valence-corrected chi connectivity index (χ0v) is 27.8. The van der Waals surface area contributed by atoms with Crippen LogP contribution >= 0.6 is 0 Å². The third kappa shape index (κ3) is 7.49. The van der Waals surface area contributed by atoms with Crippen molar-refractivity contribution in [1.29, 1.82) is 0 Å². The van der Waals surface area contributed by atoms with Crippen molar-refractivity contribution in [3.05, 3.63) is 89.8 Å². The number of halogens is 2. The smallest absolute Gasteiger partial charge is 0.268 e. The van der Waals surface area contributed by atoms with E-state index in [9.17, 15) is 17.2 Å². The number of hydrogen-bond donors (Lipinski definition) is 0. The van der Waals surface area contributed by atoms with Crippen LogP contribution < -0.4 is 9.47 Å². The number of aromatic nitrogens is 2. The van der Waals surface area contributed by atoms with Gasteiger partial charge in [-0.1, -0.05) is 18.2 Å². The minimum atomic E-state index is -3.84. The lowest BCUT2D eigenvalue weighted by molar-refractivity contribution is 0.410. The average molecular weight is 641 g/mol. The molecule has 0 atom stereocenters. The Morgan fingerprint density at radius 2 is 1.22 bits per heavy atom. The summed E-state index contributed by atoms with van der Waals surface area (Å²) in [6.07, 6.45) is 5.22. The van der Waals surface area contributed by atoms with E-state index >= 15 is 0 Å². The predicted molar refractivity (Wildman–Crippen MR) is 176 cm³/mol. The van der Waals surface area contributed by atoms with Gasteiger partial charge in [0.1, 0.15) is 23.1 Å². The molecule has 0 N–H and O–H groups in total. The fourth-order valence-corrected chi connectivity index (χ4v) is 6.73. The average Bonchev–Trinajstić information content (AvgIpc) is 3.57. The summed E-state index contributed by atoms with van der Waals surface area (Å²) in [4.78, 5) is 4.30. The zero-order chi connectivity index (χ0) is 32.9. The van der Waals surface area contributed by atoms with Gasteiger partial charge in [-0.25, -0.2) is 21.2 Å². The lowest BCUT2D eigenvalue weighted by Crippen LogP contribution is -2.15. The summed E-state index contributed by atoms with van der Waals surface area (Å²) in [6, 6.07) is 13.7. The first-order valence-corrected chi connectivity index (χ1v) is 16.2. The molecule has 2 heterocycles. The van der Waals surface area contributed by atoms with Gasteiger partial charge < -0.3 is 23.8 Å². The van der Waals surface area contributed by atoms with E-state index in [2.05, 4.69) is 36.7 Å². The molecule has 0 spiro atoms. The molecular formula is C34H42F2N4O4S. The lowest BCUT2D eigenvalue weighted by Gasteiger charge is -2.09. The van der Waals surface area contributed by atoms with Crippen LogP contribution in [0.1, 0.15) is 18.1 Å². The molecule has 2 aromatic heterocycles. The summed E-state index contributed by atoms with van der Waals surface area (Å²) < 4.78 is 67.8. The van der Waals surface area contributed by atoms with Gasteiger partial charge in [-0.2, -0.15) is 0 Å². The molecule has 0 radical (unpaired) electrons. The molecule has 11 heteroatoms. The third-order valence-corrected chi connectivity index (χ3v) is 9.29. The van der Waals surface area contributed by atoms with Crippen molar-refractivity contribution in [2.45, 2.75) is 31.2 Å². The molecule has 8 nitrogen and oxygen atoms in total. The van der Waals surface area contributed by atoms with E-state index in [0.29, 0.717) is 23.3 Å². The normalized spacial score (nSPS) is 11.8. The Morgan fingerprint density at radius 3 is 1.71 bits per heavy atom. The first-order chi connectivity index (χ1) is 21.4. The van der Waals surface area contributed by atoms with Crippen molar-refractivity contribution < 1.29 is 26.7 Å². The van der Waals surface area contributed by atoms with Gasteiger partial charge in [0, 0.05) is 54.9 Å². The number of aryl methyl sites for hydroxylation is 1. The van der Waals surface area contributed by atoms with Crippen molar-refractivity contribution >= 4 is 31.8 Å². The molecular weight excluding hydrogens is 598 g/mol. The monoisotopic (exact) mass is 640 g/mol. The van der Waals surface area contributed by atoms with Gasteiger partial charge in [-0.15, -0.1) is 0 Å². The largest absolute Gasteiger partial charge is 0.496 e. The van der Waals surface area contributed by atoms with Crippen LogP contribution in [-0.4, -0.2) is 82.3 Å². The molecule has 5 aromatic rings. The third-order valence-electron chi connectivity index (χ3n) is 7.60. The van der Waals surface area contributed by atoms with E-state index < -0.39 is 15.8 Å². The Balaban J connectivity index is 0.000000215. The molecule has 0 aliphatic carbocycles. The molecule has 0 saturated heterocycles.